The van der Waals surface area contributed by atoms with Crippen molar-refractivity contribution in [3.63, 3.8) is 0 Å². The van der Waals surface area contributed by atoms with Crippen LogP contribution in [-0.4, -0.2) is 73.8 Å². The summed E-state index contributed by atoms with van der Waals surface area (Å²) in [6.07, 6.45) is 1.30. The molecule has 1 amide bonds. The summed E-state index contributed by atoms with van der Waals surface area (Å²) in [5, 5.41) is 11.6. The first kappa shape index (κ1) is 21.5. The summed E-state index contributed by atoms with van der Waals surface area (Å²) >= 11 is 6.03. The van der Waals surface area contributed by atoms with Gasteiger partial charge in [-0.2, -0.15) is 0 Å². The number of carbonyl (C=O) groups excluding carboxylic acids is 1. The average molecular weight is 400 g/mol. The number of amides is 1. The van der Waals surface area contributed by atoms with Crippen molar-refractivity contribution in [2.24, 2.45) is 16.8 Å². The van der Waals surface area contributed by atoms with Crippen molar-refractivity contribution in [1.82, 2.24) is 20.5 Å². The lowest BCUT2D eigenvalue weighted by Crippen LogP contribution is -2.62. The second-order valence-electron chi connectivity index (χ2n) is 6.53. The molecule has 150 valence electrons. The van der Waals surface area contributed by atoms with E-state index in [2.05, 4.69) is 26.1 Å². The Morgan fingerprint density at radius 1 is 1.52 bits per heavy atom. The molecule has 10 nitrogen and oxygen atoms in total. The molecule has 1 aliphatic heterocycles. The van der Waals surface area contributed by atoms with E-state index in [-0.39, 0.29) is 5.38 Å². The van der Waals surface area contributed by atoms with Gasteiger partial charge in [0, 0.05) is 31.9 Å². The molecule has 2 atom stereocenters. The first-order chi connectivity index (χ1) is 12.9. The number of halogens is 1. The van der Waals surface area contributed by atoms with Gasteiger partial charge < -0.3 is 20.7 Å². The summed E-state index contributed by atoms with van der Waals surface area (Å²) in [7, 11) is 3.87. The Hall–Kier alpha value is -1.85. The van der Waals surface area contributed by atoms with E-state index < -0.39 is 24.2 Å². The molecule has 0 saturated carbocycles. The molecule has 0 radical (unpaired) electrons. The molecule has 1 aliphatic rings. The van der Waals surface area contributed by atoms with Gasteiger partial charge in [0.1, 0.15) is 24.0 Å². The Kier molecular flexibility index (Phi) is 8.32. The largest absolute Gasteiger partial charge is 0.490 e. The number of hydrogen-bond donors (Lipinski definition) is 4. The number of hydrogen-bond acceptors (Lipinski definition) is 9. The van der Waals surface area contributed by atoms with Gasteiger partial charge in [0.25, 0.3) is 0 Å². The number of nitrogens with two attached hydrogens (primary N) is 1. The van der Waals surface area contributed by atoms with Crippen LogP contribution in [0.5, 0.6) is 5.75 Å². The van der Waals surface area contributed by atoms with Crippen LogP contribution in [0.3, 0.4) is 0 Å². The third-order valence-corrected chi connectivity index (χ3v) is 4.41. The van der Waals surface area contributed by atoms with Gasteiger partial charge in [-0.15, -0.1) is 16.5 Å². The number of anilines is 1. The zero-order valence-corrected chi connectivity index (χ0v) is 16.1. The SMILES string of the molecule is CN(C)CCOc1ccncc1NC(=O)C(C(N)N=O)C1NCC(Cl)CN1. The zero-order chi connectivity index (χ0) is 19.8. The standard InChI is InChI=1S/C16H26ClN7O3/c1-24(2)5-6-27-12-3-4-19-9-11(12)22-16(25)13(14(18)23-26)15-20-7-10(17)8-21-15/h3-4,9-10,13-15,20-21H,5-8,18H2,1-2H3,(H,22,25). The fourth-order valence-corrected chi connectivity index (χ4v) is 2.81. The van der Waals surface area contributed by atoms with Crippen molar-refractivity contribution in [3.8, 4) is 5.75 Å². The van der Waals surface area contributed by atoms with Crippen molar-refractivity contribution < 1.29 is 9.53 Å². The number of nitroso groups, excluding NO2 is 1. The van der Waals surface area contributed by atoms with Gasteiger partial charge in [0.05, 0.1) is 17.7 Å². The highest BCUT2D eigenvalue weighted by molar-refractivity contribution is 6.21. The van der Waals surface area contributed by atoms with Crippen LogP contribution in [0.4, 0.5) is 5.69 Å². The van der Waals surface area contributed by atoms with Crippen molar-refractivity contribution in [2.45, 2.75) is 17.7 Å². The number of rotatable bonds is 9. The lowest BCUT2D eigenvalue weighted by Gasteiger charge is -2.34. The highest BCUT2D eigenvalue weighted by Gasteiger charge is 2.37. The average Bonchev–Trinajstić information content (AvgIpc) is 2.64. The number of aromatic nitrogens is 1. The Bertz CT molecular complexity index is 626. The number of pyridine rings is 1. The Labute approximate surface area is 163 Å². The van der Waals surface area contributed by atoms with Gasteiger partial charge in [0.15, 0.2) is 6.17 Å². The molecule has 27 heavy (non-hydrogen) atoms. The molecule has 1 aromatic rings. The summed E-state index contributed by atoms with van der Waals surface area (Å²) in [4.78, 5) is 29.8. The van der Waals surface area contributed by atoms with E-state index in [0.717, 1.165) is 0 Å². The Morgan fingerprint density at radius 3 is 2.85 bits per heavy atom. The van der Waals surface area contributed by atoms with Crippen LogP contribution in [0.15, 0.2) is 23.6 Å². The fraction of sp³-hybridized carbons (Fsp3) is 0.625. The predicted octanol–water partition coefficient (Wildman–Crippen LogP) is -0.246. The molecular formula is C16H26ClN7O3. The van der Waals surface area contributed by atoms with Crippen LogP contribution in [0.1, 0.15) is 0 Å². The minimum absolute atomic E-state index is 0.111. The van der Waals surface area contributed by atoms with Crippen molar-refractivity contribution >= 4 is 23.2 Å². The van der Waals surface area contributed by atoms with Crippen LogP contribution in [-0.2, 0) is 4.79 Å². The smallest absolute Gasteiger partial charge is 0.234 e. The maximum atomic E-state index is 12.8. The highest BCUT2D eigenvalue weighted by atomic mass is 35.5. The maximum Gasteiger partial charge on any atom is 0.234 e. The molecule has 2 unspecified atom stereocenters. The van der Waals surface area contributed by atoms with Gasteiger partial charge in [-0.3, -0.25) is 20.4 Å². The Balaban J connectivity index is 2.09. The molecular weight excluding hydrogens is 374 g/mol. The summed E-state index contributed by atoms with van der Waals surface area (Å²) in [6.45, 7) is 2.14. The monoisotopic (exact) mass is 399 g/mol. The molecule has 11 heteroatoms. The van der Waals surface area contributed by atoms with E-state index in [0.29, 0.717) is 37.7 Å². The number of nitrogens with one attached hydrogen (secondary N) is 3. The van der Waals surface area contributed by atoms with Crippen LogP contribution in [0.25, 0.3) is 0 Å². The minimum atomic E-state index is -1.23. The van der Waals surface area contributed by atoms with Gasteiger partial charge in [-0.25, -0.2) is 0 Å². The molecule has 0 bridgehead atoms. The highest BCUT2D eigenvalue weighted by Crippen LogP contribution is 2.24. The summed E-state index contributed by atoms with van der Waals surface area (Å²) < 4.78 is 5.71. The van der Waals surface area contributed by atoms with E-state index in [9.17, 15) is 9.70 Å². The number of alkyl halides is 1. The summed E-state index contributed by atoms with van der Waals surface area (Å²) in [5.41, 5.74) is 6.18. The van der Waals surface area contributed by atoms with Crippen LogP contribution < -0.4 is 26.4 Å². The van der Waals surface area contributed by atoms with E-state index in [4.69, 9.17) is 22.1 Å². The molecule has 1 fully saturated rings. The van der Waals surface area contributed by atoms with Crippen LogP contribution in [0.2, 0.25) is 0 Å². The molecule has 0 spiro atoms. The zero-order valence-electron chi connectivity index (χ0n) is 15.4. The first-order valence-corrected chi connectivity index (χ1v) is 9.07. The summed E-state index contributed by atoms with van der Waals surface area (Å²) in [5.74, 6) is -0.913. The third-order valence-electron chi connectivity index (χ3n) is 4.11. The van der Waals surface area contributed by atoms with Crippen molar-refractivity contribution in [3.05, 3.63) is 23.4 Å². The Morgan fingerprint density at radius 2 is 2.22 bits per heavy atom. The quantitative estimate of drug-likeness (QED) is 0.330. The van der Waals surface area contributed by atoms with Gasteiger partial charge in [-0.05, 0) is 14.1 Å². The van der Waals surface area contributed by atoms with Crippen LogP contribution in [0, 0.1) is 10.8 Å². The second kappa shape index (κ2) is 10.5. The minimum Gasteiger partial charge on any atom is -0.490 e. The molecule has 0 aliphatic carbocycles. The van der Waals surface area contributed by atoms with Crippen LogP contribution >= 0.6 is 11.6 Å². The van der Waals surface area contributed by atoms with Crippen molar-refractivity contribution in [1.29, 1.82) is 0 Å². The van der Waals surface area contributed by atoms with Gasteiger partial charge in [-0.1, -0.05) is 5.18 Å². The number of likely N-dealkylation sites (N-methyl/N-ethyl adjacent to an activating group) is 1. The van der Waals surface area contributed by atoms with Gasteiger partial charge in [0.2, 0.25) is 5.91 Å². The lowest BCUT2D eigenvalue weighted by molar-refractivity contribution is -0.121. The molecule has 2 rings (SSSR count). The topological polar surface area (TPSA) is 134 Å². The van der Waals surface area contributed by atoms with Crippen molar-refractivity contribution in [2.75, 3.05) is 45.7 Å². The second-order valence-corrected chi connectivity index (χ2v) is 7.14. The molecule has 1 aromatic heterocycles. The van der Waals surface area contributed by atoms with E-state index in [1.807, 2.05) is 19.0 Å². The first-order valence-electron chi connectivity index (χ1n) is 8.63. The molecule has 1 saturated heterocycles. The summed E-state index contributed by atoms with van der Waals surface area (Å²) in [6, 6.07) is 1.66. The van der Waals surface area contributed by atoms with E-state index in [1.54, 1.807) is 12.3 Å². The number of carbonyl (C=O) groups is 1. The third kappa shape index (κ3) is 6.36. The molecule has 2 heterocycles. The molecule has 0 aromatic carbocycles. The lowest BCUT2D eigenvalue weighted by atomic mass is 10.00. The molecule has 5 N–H and O–H groups in total. The fourth-order valence-electron chi connectivity index (χ4n) is 2.63. The van der Waals surface area contributed by atoms with E-state index in [1.165, 1.54) is 6.20 Å². The number of nitrogens with zero attached hydrogens (tertiary/aromatic N) is 3. The normalized spacial score (nSPS) is 22.1. The number of ether oxygens (including phenoxy) is 1. The maximum absolute atomic E-state index is 12.8. The predicted molar refractivity (Wildman–Crippen MR) is 104 cm³/mol. The van der Waals surface area contributed by atoms with Gasteiger partial charge >= 0.3 is 0 Å². The van der Waals surface area contributed by atoms with E-state index >= 15 is 0 Å².